The molecule has 0 spiro atoms. The van der Waals surface area contributed by atoms with E-state index in [1.165, 1.54) is 29.7 Å². The minimum Gasteiger partial charge on any atom is -0.478 e. The summed E-state index contributed by atoms with van der Waals surface area (Å²) in [6.07, 6.45) is 3.57. The number of rotatable bonds is 9. The summed E-state index contributed by atoms with van der Waals surface area (Å²) >= 11 is 0. The summed E-state index contributed by atoms with van der Waals surface area (Å²) in [6, 6.07) is 3.36. The highest BCUT2D eigenvalue weighted by Crippen LogP contribution is 2.29. The van der Waals surface area contributed by atoms with Gasteiger partial charge in [-0.05, 0) is 32.0 Å². The second kappa shape index (κ2) is 17.9. The highest BCUT2D eigenvalue weighted by atomic mass is 19.4. The summed E-state index contributed by atoms with van der Waals surface area (Å²) in [5.74, 6) is -3.21. The van der Waals surface area contributed by atoms with Gasteiger partial charge in [0, 0.05) is 18.8 Å². The summed E-state index contributed by atoms with van der Waals surface area (Å²) in [5.41, 5.74) is -1.22. The average molecular weight is 693 g/mol. The Hall–Kier alpha value is -5.88. The van der Waals surface area contributed by atoms with Crippen LogP contribution in [0.4, 0.5) is 22.0 Å². The maximum Gasteiger partial charge on any atom is 0.417 e. The van der Waals surface area contributed by atoms with Crippen molar-refractivity contribution in [3.8, 4) is 17.5 Å². The van der Waals surface area contributed by atoms with Crippen molar-refractivity contribution in [1.82, 2.24) is 49.8 Å². The Morgan fingerprint density at radius 2 is 1.35 bits per heavy atom. The number of carbonyl (C=O) groups is 2. The van der Waals surface area contributed by atoms with Crippen molar-refractivity contribution in [1.29, 1.82) is 0 Å². The number of pyridine rings is 3. The number of halogens is 5. The molecule has 0 aliphatic carbocycles. The molecule has 0 saturated heterocycles. The highest BCUT2D eigenvalue weighted by molar-refractivity contribution is 5.97. The zero-order valence-electron chi connectivity index (χ0n) is 25.9. The Morgan fingerprint density at radius 1 is 0.857 bits per heavy atom. The number of aromatic nitrogens is 9. The first-order chi connectivity index (χ1) is 22.9. The van der Waals surface area contributed by atoms with Gasteiger partial charge in [-0.3, -0.25) is 4.79 Å². The number of nitrogens with zero attached hydrogens (tertiary/aromatic N) is 10. The Morgan fingerprint density at radius 3 is 1.78 bits per heavy atom. The van der Waals surface area contributed by atoms with Gasteiger partial charge in [0.2, 0.25) is 5.88 Å². The van der Waals surface area contributed by atoms with Gasteiger partial charge in [0.15, 0.2) is 11.6 Å². The molecule has 1 amide bonds. The molecular formula is C30H33F5N10O4. The lowest BCUT2D eigenvalue weighted by atomic mass is 10.2. The fourth-order valence-electron chi connectivity index (χ4n) is 3.89. The van der Waals surface area contributed by atoms with E-state index >= 15 is 0 Å². The molecule has 1 unspecified atom stereocenters. The lowest BCUT2D eigenvalue weighted by Crippen LogP contribution is -2.42. The first-order valence-corrected chi connectivity index (χ1v) is 14.1. The average Bonchev–Trinajstić information content (AvgIpc) is 3.81. The molecule has 49 heavy (non-hydrogen) atoms. The van der Waals surface area contributed by atoms with Gasteiger partial charge in [-0.15, -0.1) is 9.59 Å². The number of carboxylic acids is 1. The smallest absolute Gasteiger partial charge is 0.417 e. The van der Waals surface area contributed by atoms with E-state index in [1.807, 2.05) is 13.8 Å². The van der Waals surface area contributed by atoms with Crippen molar-refractivity contribution in [3.05, 3.63) is 96.0 Å². The van der Waals surface area contributed by atoms with E-state index in [-0.39, 0.29) is 49.2 Å². The first kappa shape index (κ1) is 39.3. The van der Waals surface area contributed by atoms with Crippen molar-refractivity contribution >= 4 is 11.9 Å². The third-order valence-electron chi connectivity index (χ3n) is 6.01. The fraction of sp³-hybridized carbons (Fsp3) is 0.300. The van der Waals surface area contributed by atoms with Crippen LogP contribution in [0.1, 0.15) is 61.4 Å². The van der Waals surface area contributed by atoms with Gasteiger partial charge in [0.1, 0.15) is 23.8 Å². The van der Waals surface area contributed by atoms with Gasteiger partial charge in [0.25, 0.3) is 5.91 Å². The molecule has 1 atom stereocenters. The minimum atomic E-state index is -4.50. The Labute approximate surface area is 277 Å². The zero-order valence-corrected chi connectivity index (χ0v) is 25.9. The molecule has 5 rings (SSSR count). The maximum atomic E-state index is 13.8. The molecule has 0 aliphatic rings. The van der Waals surface area contributed by atoms with Crippen LogP contribution >= 0.6 is 0 Å². The molecule has 5 aromatic heterocycles. The monoisotopic (exact) mass is 692 g/mol. The summed E-state index contributed by atoms with van der Waals surface area (Å²) in [4.78, 5) is 38.6. The lowest BCUT2D eigenvalue weighted by Gasteiger charge is -2.28. The summed E-state index contributed by atoms with van der Waals surface area (Å²) in [5, 5.41) is 24.1. The molecule has 0 aliphatic heterocycles. The number of hydrogen-bond donors (Lipinski definition) is 1. The highest BCUT2D eigenvalue weighted by Gasteiger charge is 2.31. The topological polar surface area (TPSA) is 167 Å². The molecule has 0 aromatic carbocycles. The van der Waals surface area contributed by atoms with E-state index in [9.17, 15) is 31.5 Å². The SMILES string of the molecule is C.CC.CCN(C(=O)c1cc(F)cnc1-n1nccn1)C(C)COc1ccc(C(F)(F)F)cn1.O=C(O)c1cc(F)cnc1-n1nccn1. The van der Waals surface area contributed by atoms with E-state index in [1.54, 1.807) is 13.8 Å². The second-order valence-corrected chi connectivity index (χ2v) is 9.13. The molecule has 1 N–H and O–H groups in total. The number of likely N-dealkylation sites (N-methyl/N-ethyl adjacent to an activating group) is 1. The molecule has 0 radical (unpaired) electrons. The summed E-state index contributed by atoms with van der Waals surface area (Å²) in [6.45, 7) is 7.62. The molecule has 5 heterocycles. The number of ether oxygens (including phenoxy) is 1. The Bertz CT molecular complexity index is 1770. The Balaban J connectivity index is 0.000000388. The van der Waals surface area contributed by atoms with Crippen molar-refractivity contribution in [2.24, 2.45) is 0 Å². The molecule has 0 bridgehead atoms. The van der Waals surface area contributed by atoms with Gasteiger partial charge in [0.05, 0.1) is 54.3 Å². The molecule has 19 heteroatoms. The third-order valence-corrected chi connectivity index (χ3v) is 6.01. The number of carbonyl (C=O) groups excluding carboxylic acids is 1. The van der Waals surface area contributed by atoms with E-state index < -0.39 is 41.3 Å². The number of carboxylic acid groups (broad SMARTS) is 1. The standard InChI is InChI=1S/C19H18F4N6O2.C8H5FN4O2.C2H6.CH4/c1-3-28(12(2)11-31-16-5-4-13(9-24-16)19(21,22)23)18(30)15-8-14(20)10-25-17(15)29-26-6-7-27-29;9-5-3-6(8(14)15)7(10-4-5)13-11-1-2-12-13;1-2;/h4-10,12H,3,11H2,1-2H3;1-4H,(H,14,15);1-2H3;1H4. The quantitative estimate of drug-likeness (QED) is 0.199. The predicted molar refractivity (Wildman–Crippen MR) is 164 cm³/mol. The van der Waals surface area contributed by atoms with Crippen LogP contribution in [0.2, 0.25) is 0 Å². The summed E-state index contributed by atoms with van der Waals surface area (Å²) < 4.78 is 69.9. The van der Waals surface area contributed by atoms with Gasteiger partial charge in [-0.2, -0.15) is 33.6 Å². The largest absolute Gasteiger partial charge is 0.478 e. The van der Waals surface area contributed by atoms with Crippen LogP contribution in [0, 0.1) is 11.6 Å². The maximum absolute atomic E-state index is 13.8. The molecule has 14 nitrogen and oxygen atoms in total. The molecular weight excluding hydrogens is 659 g/mol. The van der Waals surface area contributed by atoms with E-state index in [0.29, 0.717) is 6.20 Å². The first-order valence-electron chi connectivity index (χ1n) is 14.1. The van der Waals surface area contributed by atoms with Crippen LogP contribution in [0.15, 0.2) is 67.6 Å². The van der Waals surface area contributed by atoms with Crippen LogP contribution in [0.25, 0.3) is 11.6 Å². The van der Waals surface area contributed by atoms with Gasteiger partial charge in [-0.1, -0.05) is 21.3 Å². The predicted octanol–water partition coefficient (Wildman–Crippen LogP) is 5.31. The lowest BCUT2D eigenvalue weighted by molar-refractivity contribution is -0.137. The van der Waals surface area contributed by atoms with Crippen LogP contribution in [0.3, 0.4) is 0 Å². The van der Waals surface area contributed by atoms with Crippen LogP contribution in [0.5, 0.6) is 5.88 Å². The van der Waals surface area contributed by atoms with Crippen molar-refractivity contribution in [2.45, 2.75) is 47.3 Å². The van der Waals surface area contributed by atoms with Crippen molar-refractivity contribution in [2.75, 3.05) is 13.2 Å². The number of amides is 1. The number of hydrogen-bond acceptors (Lipinski definition) is 10. The summed E-state index contributed by atoms with van der Waals surface area (Å²) in [7, 11) is 0. The van der Waals surface area contributed by atoms with Crippen LogP contribution in [-0.4, -0.2) is 86.0 Å². The van der Waals surface area contributed by atoms with Gasteiger partial charge < -0.3 is 14.7 Å². The Kier molecular flexibility index (Phi) is 14.3. The molecule has 0 fully saturated rings. The van der Waals surface area contributed by atoms with Gasteiger partial charge >= 0.3 is 12.1 Å². The minimum absolute atomic E-state index is 0. The van der Waals surface area contributed by atoms with E-state index in [0.717, 1.165) is 46.3 Å². The van der Waals surface area contributed by atoms with E-state index in [2.05, 4.69) is 35.3 Å². The molecule has 0 saturated carbocycles. The second-order valence-electron chi connectivity index (χ2n) is 9.13. The third kappa shape index (κ3) is 10.3. The van der Waals surface area contributed by atoms with Crippen molar-refractivity contribution in [3.63, 3.8) is 0 Å². The van der Waals surface area contributed by atoms with Crippen molar-refractivity contribution < 1.29 is 41.4 Å². The fourth-order valence-corrected chi connectivity index (χ4v) is 3.89. The van der Waals surface area contributed by atoms with Gasteiger partial charge in [-0.25, -0.2) is 28.5 Å². The van der Waals surface area contributed by atoms with E-state index in [4.69, 9.17) is 9.84 Å². The van der Waals surface area contributed by atoms with Crippen LogP contribution < -0.4 is 4.74 Å². The number of alkyl halides is 3. The number of aromatic carboxylic acids is 1. The zero-order chi connectivity index (χ0) is 35.4. The normalized spacial score (nSPS) is 11.1. The molecule has 5 aromatic rings. The van der Waals surface area contributed by atoms with Crippen LogP contribution in [-0.2, 0) is 6.18 Å². The molecule has 262 valence electrons.